The van der Waals surface area contributed by atoms with Crippen LogP contribution < -0.4 is 0 Å². The van der Waals surface area contributed by atoms with Gasteiger partial charge in [0, 0.05) is 13.0 Å². The first kappa shape index (κ1) is 13.4. The molecule has 0 aliphatic rings. The standard InChI is InChI=1S/C11H22O3/c1-6-10(2,3)9(13)14-11(4,5)7-8-12/h12H,6-8H2,1-5H3. The van der Waals surface area contributed by atoms with Gasteiger partial charge in [-0.1, -0.05) is 6.92 Å². The van der Waals surface area contributed by atoms with Gasteiger partial charge in [-0.2, -0.15) is 0 Å². The van der Waals surface area contributed by atoms with Crippen molar-refractivity contribution >= 4 is 5.97 Å². The van der Waals surface area contributed by atoms with Crippen LogP contribution in [0, 0.1) is 5.41 Å². The van der Waals surface area contributed by atoms with Crippen molar-refractivity contribution in [1.82, 2.24) is 0 Å². The Hall–Kier alpha value is -0.570. The van der Waals surface area contributed by atoms with Gasteiger partial charge in [-0.15, -0.1) is 0 Å². The van der Waals surface area contributed by atoms with Gasteiger partial charge in [0.2, 0.25) is 0 Å². The summed E-state index contributed by atoms with van der Waals surface area (Å²) >= 11 is 0. The minimum atomic E-state index is -0.571. The summed E-state index contributed by atoms with van der Waals surface area (Å²) in [5, 5.41) is 8.78. The maximum atomic E-state index is 11.7. The summed E-state index contributed by atoms with van der Waals surface area (Å²) in [6.45, 7) is 9.35. The Balaban J connectivity index is 4.31. The molecule has 0 aliphatic carbocycles. The van der Waals surface area contributed by atoms with E-state index in [9.17, 15) is 4.79 Å². The number of aliphatic hydroxyl groups is 1. The molecule has 0 heterocycles. The van der Waals surface area contributed by atoms with Crippen LogP contribution in [0.4, 0.5) is 0 Å². The number of hydrogen-bond donors (Lipinski definition) is 1. The molecule has 0 aliphatic heterocycles. The lowest BCUT2D eigenvalue weighted by atomic mass is 9.90. The molecule has 0 bridgehead atoms. The second-order valence-corrected chi connectivity index (χ2v) is 4.86. The fraction of sp³-hybridized carbons (Fsp3) is 0.909. The van der Waals surface area contributed by atoms with Gasteiger partial charge in [0.15, 0.2) is 0 Å². The number of esters is 1. The molecule has 0 fully saturated rings. The van der Waals surface area contributed by atoms with Crippen molar-refractivity contribution in [3.8, 4) is 0 Å². The highest BCUT2D eigenvalue weighted by Gasteiger charge is 2.32. The van der Waals surface area contributed by atoms with E-state index >= 15 is 0 Å². The van der Waals surface area contributed by atoms with Crippen LogP contribution in [0.5, 0.6) is 0 Å². The van der Waals surface area contributed by atoms with Crippen molar-refractivity contribution in [2.24, 2.45) is 5.41 Å². The second-order valence-electron chi connectivity index (χ2n) is 4.86. The third-order valence-electron chi connectivity index (χ3n) is 2.52. The highest BCUT2D eigenvalue weighted by Crippen LogP contribution is 2.25. The molecule has 3 nitrogen and oxygen atoms in total. The number of ether oxygens (including phenoxy) is 1. The third-order valence-corrected chi connectivity index (χ3v) is 2.52. The number of carbonyl (C=O) groups is 1. The van der Waals surface area contributed by atoms with E-state index in [1.165, 1.54) is 0 Å². The van der Waals surface area contributed by atoms with E-state index in [2.05, 4.69) is 0 Å². The van der Waals surface area contributed by atoms with E-state index in [1.54, 1.807) is 0 Å². The summed E-state index contributed by atoms with van der Waals surface area (Å²) in [6.07, 6.45) is 1.22. The monoisotopic (exact) mass is 202 g/mol. The lowest BCUT2D eigenvalue weighted by Crippen LogP contribution is -2.36. The van der Waals surface area contributed by atoms with Crippen LogP contribution in [0.25, 0.3) is 0 Å². The van der Waals surface area contributed by atoms with Crippen molar-refractivity contribution in [3.05, 3.63) is 0 Å². The fourth-order valence-corrected chi connectivity index (χ4v) is 0.854. The van der Waals surface area contributed by atoms with Crippen LogP contribution >= 0.6 is 0 Å². The summed E-state index contributed by atoms with van der Waals surface area (Å²) in [5.74, 6) is -0.196. The molecule has 0 spiro atoms. The zero-order valence-corrected chi connectivity index (χ0v) is 9.89. The summed E-state index contributed by atoms with van der Waals surface area (Å²) in [6, 6.07) is 0. The zero-order valence-electron chi connectivity index (χ0n) is 9.89. The molecular formula is C11H22O3. The van der Waals surface area contributed by atoms with Crippen LogP contribution in [0.3, 0.4) is 0 Å². The summed E-state index contributed by atoms with van der Waals surface area (Å²) in [5.41, 5.74) is -1.01. The van der Waals surface area contributed by atoms with Crippen molar-refractivity contribution in [1.29, 1.82) is 0 Å². The Morgan fingerprint density at radius 3 is 2.14 bits per heavy atom. The Morgan fingerprint density at radius 2 is 1.79 bits per heavy atom. The lowest BCUT2D eigenvalue weighted by Gasteiger charge is -2.29. The van der Waals surface area contributed by atoms with Crippen LogP contribution in [0.1, 0.15) is 47.5 Å². The summed E-state index contributed by atoms with van der Waals surface area (Å²) < 4.78 is 5.34. The minimum absolute atomic E-state index is 0.0346. The highest BCUT2D eigenvalue weighted by molar-refractivity contribution is 5.76. The van der Waals surface area contributed by atoms with Crippen molar-refractivity contribution in [2.75, 3.05) is 6.61 Å². The van der Waals surface area contributed by atoms with E-state index in [0.717, 1.165) is 6.42 Å². The predicted octanol–water partition coefficient (Wildman–Crippen LogP) is 2.13. The molecule has 0 amide bonds. The van der Waals surface area contributed by atoms with E-state index < -0.39 is 11.0 Å². The molecule has 1 N–H and O–H groups in total. The van der Waals surface area contributed by atoms with Gasteiger partial charge in [0.05, 0.1) is 5.41 Å². The van der Waals surface area contributed by atoms with E-state index in [-0.39, 0.29) is 12.6 Å². The van der Waals surface area contributed by atoms with Gasteiger partial charge >= 0.3 is 5.97 Å². The Kier molecular flexibility index (Phi) is 4.59. The first-order chi connectivity index (χ1) is 6.25. The molecule has 3 heteroatoms. The SMILES string of the molecule is CCC(C)(C)C(=O)OC(C)(C)CCO. The average Bonchev–Trinajstić information content (AvgIpc) is 2.03. The number of aliphatic hydroxyl groups excluding tert-OH is 1. The van der Waals surface area contributed by atoms with Crippen LogP contribution in [-0.4, -0.2) is 23.3 Å². The lowest BCUT2D eigenvalue weighted by molar-refractivity contribution is -0.168. The molecule has 0 radical (unpaired) electrons. The van der Waals surface area contributed by atoms with Gasteiger partial charge in [-0.05, 0) is 34.1 Å². The summed E-state index contributed by atoms with van der Waals surface area (Å²) in [4.78, 5) is 11.7. The molecule has 0 unspecified atom stereocenters. The van der Waals surface area contributed by atoms with Gasteiger partial charge in [0.1, 0.15) is 5.60 Å². The zero-order chi connectivity index (χ0) is 11.4. The molecule has 0 atom stereocenters. The van der Waals surface area contributed by atoms with Crippen LogP contribution in [-0.2, 0) is 9.53 Å². The van der Waals surface area contributed by atoms with Gasteiger partial charge in [0.25, 0.3) is 0 Å². The van der Waals surface area contributed by atoms with Gasteiger partial charge in [-0.25, -0.2) is 0 Å². The third kappa shape index (κ3) is 4.09. The Labute approximate surface area is 86.5 Å². The Bertz CT molecular complexity index is 195. The van der Waals surface area contributed by atoms with Crippen molar-refractivity contribution in [3.63, 3.8) is 0 Å². The number of hydrogen-bond acceptors (Lipinski definition) is 3. The van der Waals surface area contributed by atoms with Crippen molar-refractivity contribution < 1.29 is 14.6 Å². The smallest absolute Gasteiger partial charge is 0.312 e. The normalized spacial score (nSPS) is 12.7. The summed E-state index contributed by atoms with van der Waals surface area (Å²) in [7, 11) is 0. The second kappa shape index (κ2) is 4.78. The topological polar surface area (TPSA) is 46.5 Å². The van der Waals surface area contributed by atoms with E-state index in [4.69, 9.17) is 9.84 Å². The molecule has 0 rings (SSSR count). The van der Waals surface area contributed by atoms with Gasteiger partial charge < -0.3 is 9.84 Å². The first-order valence-electron chi connectivity index (χ1n) is 5.09. The number of carbonyl (C=O) groups excluding carboxylic acids is 1. The molecule has 0 aromatic rings. The quantitative estimate of drug-likeness (QED) is 0.695. The fourth-order valence-electron chi connectivity index (χ4n) is 0.854. The Morgan fingerprint density at radius 1 is 1.29 bits per heavy atom. The maximum Gasteiger partial charge on any atom is 0.312 e. The number of rotatable bonds is 5. The first-order valence-corrected chi connectivity index (χ1v) is 5.09. The van der Waals surface area contributed by atoms with Gasteiger partial charge in [-0.3, -0.25) is 4.79 Å². The predicted molar refractivity (Wildman–Crippen MR) is 55.9 cm³/mol. The molecule has 0 aromatic carbocycles. The van der Waals surface area contributed by atoms with Crippen LogP contribution in [0.2, 0.25) is 0 Å². The molecule has 84 valence electrons. The molecular weight excluding hydrogens is 180 g/mol. The maximum absolute atomic E-state index is 11.7. The van der Waals surface area contributed by atoms with Crippen molar-refractivity contribution in [2.45, 2.75) is 53.1 Å². The minimum Gasteiger partial charge on any atom is -0.459 e. The van der Waals surface area contributed by atoms with E-state index in [0.29, 0.717) is 6.42 Å². The van der Waals surface area contributed by atoms with E-state index in [1.807, 2.05) is 34.6 Å². The van der Waals surface area contributed by atoms with Crippen LogP contribution in [0.15, 0.2) is 0 Å². The highest BCUT2D eigenvalue weighted by atomic mass is 16.6. The molecule has 0 saturated heterocycles. The average molecular weight is 202 g/mol. The molecule has 0 saturated carbocycles. The molecule has 0 aromatic heterocycles. The molecule has 14 heavy (non-hydrogen) atoms. The largest absolute Gasteiger partial charge is 0.459 e.